The zero-order valence-electron chi connectivity index (χ0n) is 22.2. The van der Waals surface area contributed by atoms with E-state index in [0.29, 0.717) is 56.8 Å². The van der Waals surface area contributed by atoms with Crippen molar-refractivity contribution in [3.8, 4) is 17.0 Å². The van der Waals surface area contributed by atoms with Gasteiger partial charge in [-0.2, -0.15) is 13.2 Å². The first-order valence-corrected chi connectivity index (χ1v) is 13.4. The molecule has 41 heavy (non-hydrogen) atoms. The molecule has 2 heterocycles. The van der Waals surface area contributed by atoms with Gasteiger partial charge in [0.25, 0.3) is 0 Å². The number of ether oxygens (including phenoxy) is 1. The van der Waals surface area contributed by atoms with Crippen LogP contribution >= 0.6 is 11.6 Å². The number of halogens is 4. The molecule has 3 aromatic carbocycles. The Labute approximate surface area is 240 Å². The van der Waals surface area contributed by atoms with E-state index in [2.05, 4.69) is 0 Å². The highest BCUT2D eigenvalue weighted by Crippen LogP contribution is 2.36. The Balaban J connectivity index is 1.76. The summed E-state index contributed by atoms with van der Waals surface area (Å²) >= 11 is 6.19. The minimum atomic E-state index is -4.46. The van der Waals surface area contributed by atoms with Crippen molar-refractivity contribution in [3.63, 3.8) is 0 Å². The number of rotatable bonds is 7. The quantitative estimate of drug-likeness (QED) is 0.238. The van der Waals surface area contributed by atoms with Crippen LogP contribution in [0.25, 0.3) is 22.5 Å². The second kappa shape index (κ2) is 11.8. The number of hydrogen-bond acceptors (Lipinski definition) is 6. The number of nitrogens with two attached hydrogens (primary N) is 1. The molecule has 1 aliphatic heterocycles. The van der Waals surface area contributed by atoms with Gasteiger partial charge in [-0.05, 0) is 54.8 Å². The SMILES string of the molecule is COc1ccccc1C(N)=C(c1ccc(Cl)cc1)c1nc(-c2ccc(C(F)(F)F)cc2)cc(N2CCC[C@H]2CO)n1. The van der Waals surface area contributed by atoms with E-state index in [-0.39, 0.29) is 18.5 Å². The molecule has 6 nitrogen and oxygen atoms in total. The van der Waals surface area contributed by atoms with Crippen LogP contribution in [0.3, 0.4) is 0 Å². The van der Waals surface area contributed by atoms with Gasteiger partial charge >= 0.3 is 6.18 Å². The summed E-state index contributed by atoms with van der Waals surface area (Å²) in [4.78, 5) is 11.7. The van der Waals surface area contributed by atoms with Gasteiger partial charge in [0.15, 0.2) is 5.82 Å². The predicted octanol–water partition coefficient (Wildman–Crippen LogP) is 6.66. The van der Waals surface area contributed by atoms with Crippen molar-refractivity contribution in [2.75, 3.05) is 25.2 Å². The van der Waals surface area contributed by atoms with Crippen LogP contribution in [0.2, 0.25) is 5.02 Å². The average molecular weight is 581 g/mol. The van der Waals surface area contributed by atoms with E-state index in [0.717, 1.165) is 25.0 Å². The van der Waals surface area contributed by atoms with Crippen LogP contribution in [0.15, 0.2) is 78.9 Å². The Bertz CT molecular complexity index is 1560. The van der Waals surface area contributed by atoms with Crippen LogP contribution < -0.4 is 15.4 Å². The highest BCUT2D eigenvalue weighted by atomic mass is 35.5. The maximum atomic E-state index is 13.3. The molecule has 4 aromatic rings. The van der Waals surface area contributed by atoms with Crippen molar-refractivity contribution in [1.29, 1.82) is 0 Å². The molecule has 1 aromatic heterocycles. The normalized spacial score (nSPS) is 16.0. The van der Waals surface area contributed by atoms with Crippen molar-refractivity contribution < 1.29 is 23.0 Å². The maximum Gasteiger partial charge on any atom is 0.416 e. The number of methoxy groups -OCH3 is 1. The molecule has 0 bridgehead atoms. The van der Waals surface area contributed by atoms with E-state index in [9.17, 15) is 18.3 Å². The van der Waals surface area contributed by atoms with E-state index in [4.69, 9.17) is 32.0 Å². The van der Waals surface area contributed by atoms with Crippen molar-refractivity contribution in [2.24, 2.45) is 5.73 Å². The Morgan fingerprint density at radius 3 is 2.41 bits per heavy atom. The van der Waals surface area contributed by atoms with Gasteiger partial charge in [-0.3, -0.25) is 0 Å². The molecule has 10 heteroatoms. The highest BCUT2D eigenvalue weighted by molar-refractivity contribution is 6.30. The largest absolute Gasteiger partial charge is 0.496 e. The topological polar surface area (TPSA) is 84.5 Å². The minimum Gasteiger partial charge on any atom is -0.496 e. The first-order chi connectivity index (χ1) is 19.7. The number of anilines is 1. The summed E-state index contributed by atoms with van der Waals surface area (Å²) in [6, 6.07) is 20.8. The van der Waals surface area contributed by atoms with E-state index < -0.39 is 11.7 Å². The average Bonchev–Trinajstić information content (AvgIpc) is 3.47. The molecule has 3 N–H and O–H groups in total. The summed E-state index contributed by atoms with van der Waals surface area (Å²) in [5.74, 6) is 1.36. The molecular formula is C31H28ClF3N4O2. The highest BCUT2D eigenvalue weighted by Gasteiger charge is 2.31. The first-order valence-electron chi connectivity index (χ1n) is 13.0. The molecule has 0 saturated carbocycles. The van der Waals surface area contributed by atoms with Crippen LogP contribution in [0.4, 0.5) is 19.0 Å². The monoisotopic (exact) mass is 580 g/mol. The first kappa shape index (κ1) is 28.4. The van der Waals surface area contributed by atoms with Crippen molar-refractivity contribution in [2.45, 2.75) is 25.1 Å². The van der Waals surface area contributed by atoms with E-state index >= 15 is 0 Å². The number of aliphatic hydroxyl groups is 1. The second-order valence-corrected chi connectivity index (χ2v) is 10.1. The predicted molar refractivity (Wildman–Crippen MR) is 154 cm³/mol. The van der Waals surface area contributed by atoms with Crippen molar-refractivity contribution >= 4 is 28.7 Å². The smallest absolute Gasteiger partial charge is 0.416 e. The molecule has 5 rings (SSSR count). The fourth-order valence-electron chi connectivity index (χ4n) is 5.02. The molecule has 0 unspecified atom stereocenters. The van der Waals surface area contributed by atoms with E-state index in [1.165, 1.54) is 12.1 Å². The molecule has 0 spiro atoms. The summed E-state index contributed by atoms with van der Waals surface area (Å²) in [5, 5.41) is 10.6. The van der Waals surface area contributed by atoms with Gasteiger partial charge in [-0.25, -0.2) is 9.97 Å². The minimum absolute atomic E-state index is 0.0574. The third-order valence-corrected chi connectivity index (χ3v) is 7.38. The summed E-state index contributed by atoms with van der Waals surface area (Å²) in [5.41, 5.74) is 9.15. The number of nitrogens with zero attached hydrogens (tertiary/aromatic N) is 3. The van der Waals surface area contributed by atoms with E-state index in [1.807, 2.05) is 23.1 Å². The fourth-order valence-corrected chi connectivity index (χ4v) is 5.15. The summed E-state index contributed by atoms with van der Waals surface area (Å²) < 4.78 is 45.4. The third-order valence-electron chi connectivity index (χ3n) is 7.13. The van der Waals surface area contributed by atoms with Crippen LogP contribution in [-0.4, -0.2) is 41.4 Å². The number of benzene rings is 3. The fraction of sp³-hybridized carbons (Fsp3) is 0.226. The van der Waals surface area contributed by atoms with Crippen LogP contribution in [0, 0.1) is 0 Å². The van der Waals surface area contributed by atoms with Gasteiger partial charge in [0, 0.05) is 28.8 Å². The zero-order valence-corrected chi connectivity index (χ0v) is 23.0. The second-order valence-electron chi connectivity index (χ2n) is 9.68. The summed E-state index contributed by atoms with van der Waals surface area (Å²) in [7, 11) is 1.55. The Kier molecular flexibility index (Phi) is 8.19. The number of aliphatic hydroxyl groups excluding tert-OH is 1. The van der Waals surface area contributed by atoms with Crippen molar-refractivity contribution in [3.05, 3.63) is 106 Å². The number of aromatic nitrogens is 2. The Morgan fingerprint density at radius 1 is 1.05 bits per heavy atom. The molecule has 0 aliphatic carbocycles. The number of hydrogen-bond donors (Lipinski definition) is 2. The lowest BCUT2D eigenvalue weighted by atomic mass is 9.98. The van der Waals surface area contributed by atoms with Gasteiger partial charge < -0.3 is 20.5 Å². The molecule has 212 valence electrons. The van der Waals surface area contributed by atoms with Gasteiger partial charge in [-0.1, -0.05) is 48.0 Å². The molecular weight excluding hydrogens is 553 g/mol. The lowest BCUT2D eigenvalue weighted by Gasteiger charge is -2.25. The lowest BCUT2D eigenvalue weighted by Crippen LogP contribution is -2.33. The lowest BCUT2D eigenvalue weighted by molar-refractivity contribution is -0.137. The summed E-state index contributed by atoms with van der Waals surface area (Å²) in [6.45, 7) is 0.605. The third kappa shape index (κ3) is 6.01. The van der Waals surface area contributed by atoms with Gasteiger partial charge in [-0.15, -0.1) is 0 Å². The Morgan fingerprint density at radius 2 is 1.76 bits per heavy atom. The molecule has 0 amide bonds. The van der Waals surface area contributed by atoms with Crippen LogP contribution in [0.5, 0.6) is 5.75 Å². The maximum absolute atomic E-state index is 13.3. The van der Waals surface area contributed by atoms with Crippen molar-refractivity contribution in [1.82, 2.24) is 9.97 Å². The van der Waals surface area contributed by atoms with Gasteiger partial charge in [0.05, 0.1) is 42.3 Å². The zero-order chi connectivity index (χ0) is 29.1. The van der Waals surface area contributed by atoms with E-state index in [1.54, 1.807) is 43.5 Å². The van der Waals surface area contributed by atoms with Gasteiger partial charge in [0.2, 0.25) is 0 Å². The van der Waals surface area contributed by atoms with Crippen LogP contribution in [0.1, 0.15) is 35.4 Å². The number of alkyl halides is 3. The molecule has 1 fully saturated rings. The summed E-state index contributed by atoms with van der Waals surface area (Å²) in [6.07, 6.45) is -2.81. The molecule has 1 aliphatic rings. The molecule has 0 radical (unpaired) electrons. The molecule has 1 atom stereocenters. The number of para-hydroxylation sites is 1. The Hall–Kier alpha value is -4.08. The van der Waals surface area contributed by atoms with Crippen LogP contribution in [-0.2, 0) is 6.18 Å². The standard InChI is InChI=1S/C31H28ClF3N4O2/c1-41-26-7-3-2-6-24(26)29(36)28(20-10-14-22(32)15-11-20)30-37-25(19-8-12-21(13-9-19)31(33,34)35)17-27(38-30)39-16-4-5-23(39)18-40/h2-3,6-15,17,23,40H,4-5,16,18,36H2,1H3/t23-/m0/s1. The molecule has 1 saturated heterocycles. The van der Waals surface area contributed by atoms with Gasteiger partial charge in [0.1, 0.15) is 11.6 Å².